The molecule has 0 atom stereocenters. The van der Waals surface area contributed by atoms with Crippen molar-refractivity contribution in [2.75, 3.05) is 7.11 Å². The maximum Gasteiger partial charge on any atom is 0.136 e. The summed E-state index contributed by atoms with van der Waals surface area (Å²) in [4.78, 5) is -0.636. The molecule has 0 aliphatic heterocycles. The minimum atomic E-state index is -0.636. The number of benzene rings is 1. The van der Waals surface area contributed by atoms with Crippen molar-refractivity contribution in [1.82, 2.24) is 0 Å². The largest absolute Gasteiger partial charge is 0.496 e. The van der Waals surface area contributed by atoms with Crippen molar-refractivity contribution in [2.24, 2.45) is 0 Å². The van der Waals surface area contributed by atoms with Crippen molar-refractivity contribution in [3.05, 3.63) is 29.3 Å². The predicted octanol–water partition coefficient (Wildman–Crippen LogP) is 3.04. The van der Waals surface area contributed by atoms with Gasteiger partial charge in [-0.1, -0.05) is 29.3 Å². The van der Waals surface area contributed by atoms with Gasteiger partial charge in [-0.25, -0.2) is 0 Å². The summed E-state index contributed by atoms with van der Waals surface area (Å²) in [5.41, 5.74) is 1.19. The molecule has 1 rings (SSSR count). The number of nitrogens with zero attached hydrogens (tertiary/aromatic N) is 1. The highest BCUT2D eigenvalue weighted by Crippen LogP contribution is 2.32. The Morgan fingerprint density at radius 3 is 2.62 bits per heavy atom. The van der Waals surface area contributed by atoms with Crippen LogP contribution in [-0.4, -0.2) is 7.11 Å². The van der Waals surface area contributed by atoms with Crippen molar-refractivity contribution in [2.45, 2.75) is 4.84 Å². The van der Waals surface area contributed by atoms with Crippen molar-refractivity contribution in [3.8, 4) is 11.8 Å². The second kappa shape index (κ2) is 4.36. The number of methoxy groups -OCH3 is 1. The zero-order valence-electron chi connectivity index (χ0n) is 6.92. The summed E-state index contributed by atoms with van der Waals surface area (Å²) in [5.74, 6) is 0.536. The lowest BCUT2D eigenvalue weighted by atomic mass is 10.1. The summed E-state index contributed by atoms with van der Waals surface area (Å²) in [6, 6.07) is 6.94. The quantitative estimate of drug-likeness (QED) is 0.711. The number of hydrogen-bond donors (Lipinski definition) is 0. The Kier molecular flexibility index (Phi) is 3.41. The Bertz CT molecular complexity index is 344. The molecule has 0 saturated carbocycles. The molecule has 0 aliphatic carbocycles. The molecule has 0 N–H and O–H groups in total. The fraction of sp³-hybridized carbons (Fsp3) is 0.222. The molecule has 68 valence electrons. The molecule has 13 heavy (non-hydrogen) atoms. The average Bonchev–Trinajstić information content (AvgIpc) is 2.16. The first-order valence-corrected chi connectivity index (χ1v) is 4.42. The lowest BCUT2D eigenvalue weighted by Gasteiger charge is -2.08. The summed E-state index contributed by atoms with van der Waals surface area (Å²) in [5, 5.41) is 8.62. The van der Waals surface area contributed by atoms with Gasteiger partial charge in [0.1, 0.15) is 10.6 Å². The first kappa shape index (κ1) is 10.2. The molecule has 0 heterocycles. The standard InChI is InChI=1S/C9H7Cl2NO/c1-13-8-4-6(5-12)2-3-7(8)9(10)11/h2-4,9H,1H3. The van der Waals surface area contributed by atoms with Crippen LogP contribution in [0.2, 0.25) is 0 Å². The summed E-state index contributed by atoms with van der Waals surface area (Å²) >= 11 is 11.4. The number of nitriles is 1. The van der Waals surface area contributed by atoms with Gasteiger partial charge >= 0.3 is 0 Å². The third-order valence-corrected chi connectivity index (χ3v) is 2.07. The van der Waals surface area contributed by atoms with E-state index in [2.05, 4.69) is 0 Å². The van der Waals surface area contributed by atoms with Gasteiger partial charge in [0, 0.05) is 5.56 Å². The number of ether oxygens (including phenoxy) is 1. The number of rotatable bonds is 2. The predicted molar refractivity (Wildman–Crippen MR) is 52.2 cm³/mol. The molecule has 0 fully saturated rings. The van der Waals surface area contributed by atoms with Gasteiger partial charge in [-0.15, -0.1) is 0 Å². The van der Waals surface area contributed by atoms with Gasteiger partial charge in [-0.05, 0) is 12.1 Å². The van der Waals surface area contributed by atoms with Crippen LogP contribution in [0, 0.1) is 11.3 Å². The fourth-order valence-electron chi connectivity index (χ4n) is 0.961. The van der Waals surface area contributed by atoms with E-state index in [0.717, 1.165) is 0 Å². The fourth-order valence-corrected chi connectivity index (χ4v) is 1.32. The van der Waals surface area contributed by atoms with Gasteiger partial charge in [0.25, 0.3) is 0 Å². The van der Waals surface area contributed by atoms with Gasteiger partial charge in [0.2, 0.25) is 0 Å². The third kappa shape index (κ3) is 2.27. The lowest BCUT2D eigenvalue weighted by Crippen LogP contribution is -1.91. The van der Waals surface area contributed by atoms with Crippen LogP contribution in [0.4, 0.5) is 0 Å². The van der Waals surface area contributed by atoms with Crippen LogP contribution in [0.1, 0.15) is 16.0 Å². The van der Waals surface area contributed by atoms with E-state index in [1.54, 1.807) is 18.2 Å². The minimum absolute atomic E-state index is 0.523. The highest BCUT2D eigenvalue weighted by Gasteiger charge is 2.10. The first-order chi connectivity index (χ1) is 6.19. The molecular weight excluding hydrogens is 209 g/mol. The van der Waals surface area contributed by atoms with Gasteiger partial charge < -0.3 is 4.74 Å². The Morgan fingerprint density at radius 2 is 2.15 bits per heavy atom. The molecule has 0 saturated heterocycles. The van der Waals surface area contributed by atoms with E-state index in [1.165, 1.54) is 7.11 Å². The van der Waals surface area contributed by atoms with E-state index in [4.69, 9.17) is 33.2 Å². The van der Waals surface area contributed by atoms with Crippen LogP contribution in [0.5, 0.6) is 5.75 Å². The second-order valence-corrected chi connectivity index (χ2v) is 3.47. The Labute approximate surface area is 86.6 Å². The molecule has 4 heteroatoms. The Morgan fingerprint density at radius 1 is 1.46 bits per heavy atom. The number of alkyl halides is 2. The van der Waals surface area contributed by atoms with Crippen molar-refractivity contribution >= 4 is 23.2 Å². The van der Waals surface area contributed by atoms with Crippen LogP contribution in [0.25, 0.3) is 0 Å². The molecule has 0 unspecified atom stereocenters. The summed E-state index contributed by atoms with van der Waals surface area (Å²) in [6.07, 6.45) is 0. The summed E-state index contributed by atoms with van der Waals surface area (Å²) in [7, 11) is 1.51. The molecule has 1 aromatic carbocycles. The molecule has 0 bridgehead atoms. The molecular formula is C9H7Cl2NO. The van der Waals surface area contributed by atoms with E-state index in [0.29, 0.717) is 16.9 Å². The van der Waals surface area contributed by atoms with E-state index in [-0.39, 0.29) is 0 Å². The monoisotopic (exact) mass is 215 g/mol. The number of halogens is 2. The Balaban J connectivity index is 3.17. The van der Waals surface area contributed by atoms with E-state index >= 15 is 0 Å². The minimum Gasteiger partial charge on any atom is -0.496 e. The maximum atomic E-state index is 8.62. The lowest BCUT2D eigenvalue weighted by molar-refractivity contribution is 0.411. The van der Waals surface area contributed by atoms with Crippen LogP contribution in [0.3, 0.4) is 0 Å². The summed E-state index contributed by atoms with van der Waals surface area (Å²) < 4.78 is 5.03. The van der Waals surface area contributed by atoms with Crippen LogP contribution >= 0.6 is 23.2 Å². The van der Waals surface area contributed by atoms with Crippen molar-refractivity contribution in [3.63, 3.8) is 0 Å². The zero-order valence-corrected chi connectivity index (χ0v) is 8.43. The van der Waals surface area contributed by atoms with Crippen LogP contribution < -0.4 is 4.74 Å². The van der Waals surface area contributed by atoms with E-state index in [1.807, 2.05) is 6.07 Å². The van der Waals surface area contributed by atoms with Crippen LogP contribution in [0.15, 0.2) is 18.2 Å². The molecule has 1 aromatic rings. The molecule has 0 spiro atoms. The van der Waals surface area contributed by atoms with Crippen molar-refractivity contribution in [1.29, 1.82) is 5.26 Å². The number of hydrogen-bond acceptors (Lipinski definition) is 2. The second-order valence-electron chi connectivity index (χ2n) is 2.37. The third-order valence-electron chi connectivity index (χ3n) is 1.60. The SMILES string of the molecule is COc1cc(C#N)ccc1C(Cl)Cl. The van der Waals surface area contributed by atoms with E-state index in [9.17, 15) is 0 Å². The highest BCUT2D eigenvalue weighted by atomic mass is 35.5. The zero-order chi connectivity index (χ0) is 9.84. The van der Waals surface area contributed by atoms with Gasteiger partial charge in [0.15, 0.2) is 0 Å². The molecule has 0 aliphatic rings. The molecule has 0 aromatic heterocycles. The van der Waals surface area contributed by atoms with Gasteiger partial charge in [0.05, 0.1) is 18.7 Å². The average molecular weight is 216 g/mol. The van der Waals surface area contributed by atoms with Gasteiger partial charge in [-0.3, -0.25) is 0 Å². The smallest absolute Gasteiger partial charge is 0.136 e. The van der Waals surface area contributed by atoms with Crippen molar-refractivity contribution < 1.29 is 4.74 Å². The first-order valence-electron chi connectivity index (χ1n) is 3.55. The highest BCUT2D eigenvalue weighted by molar-refractivity contribution is 6.44. The van der Waals surface area contributed by atoms with Gasteiger partial charge in [-0.2, -0.15) is 5.26 Å². The topological polar surface area (TPSA) is 33.0 Å². The van der Waals surface area contributed by atoms with E-state index < -0.39 is 4.84 Å². The molecule has 0 radical (unpaired) electrons. The molecule has 2 nitrogen and oxygen atoms in total. The van der Waals surface area contributed by atoms with Crippen LogP contribution in [-0.2, 0) is 0 Å². The maximum absolute atomic E-state index is 8.62. The summed E-state index contributed by atoms with van der Waals surface area (Å²) in [6.45, 7) is 0. The molecule has 0 amide bonds. The normalized spacial score (nSPS) is 9.77. The Hall–Kier alpha value is -0.910.